The molecule has 2 aromatic rings. The van der Waals surface area contributed by atoms with Crippen LogP contribution in [0.1, 0.15) is 6.92 Å². The van der Waals surface area contributed by atoms with Gasteiger partial charge in [0.05, 0.1) is 5.02 Å². The molecule has 20 heavy (non-hydrogen) atoms. The fourth-order valence-corrected chi connectivity index (χ4v) is 2.63. The van der Waals surface area contributed by atoms with Crippen LogP contribution in [0.4, 0.5) is 5.13 Å². The van der Waals surface area contributed by atoms with Crippen LogP contribution in [0.3, 0.4) is 0 Å². The number of ether oxygens (including phenoxy) is 1. The van der Waals surface area contributed by atoms with Crippen molar-refractivity contribution in [1.29, 1.82) is 0 Å². The van der Waals surface area contributed by atoms with Crippen molar-refractivity contribution in [3.05, 3.63) is 39.8 Å². The van der Waals surface area contributed by atoms with E-state index in [4.69, 9.17) is 27.9 Å². The number of aromatic nitrogens is 1. The van der Waals surface area contributed by atoms with Crippen LogP contribution in [-0.2, 0) is 4.79 Å². The Morgan fingerprint density at radius 3 is 2.80 bits per heavy atom. The van der Waals surface area contributed by atoms with Gasteiger partial charge in [0.25, 0.3) is 5.91 Å². The van der Waals surface area contributed by atoms with Crippen LogP contribution in [-0.4, -0.2) is 24.0 Å². The lowest BCUT2D eigenvalue weighted by atomic mass is 10.3. The predicted octanol–water partition coefficient (Wildman–Crippen LogP) is 3.88. The van der Waals surface area contributed by atoms with E-state index in [0.717, 1.165) is 0 Å². The van der Waals surface area contributed by atoms with Crippen LogP contribution in [0.2, 0.25) is 10.0 Å². The van der Waals surface area contributed by atoms with Gasteiger partial charge in [-0.1, -0.05) is 23.2 Å². The standard InChI is InChI=1S/C13H12Cl2N2O2S/c1-8(12(18)17(2)13-16-5-6-20-13)19-11-4-3-9(14)7-10(11)15/h3-8H,1-2H3/t8-/m0/s1. The van der Waals surface area contributed by atoms with Crippen LogP contribution in [0.15, 0.2) is 29.8 Å². The van der Waals surface area contributed by atoms with Crippen molar-refractivity contribution < 1.29 is 9.53 Å². The molecule has 1 aromatic carbocycles. The van der Waals surface area contributed by atoms with Gasteiger partial charge in [0.15, 0.2) is 11.2 Å². The van der Waals surface area contributed by atoms with Gasteiger partial charge in [0, 0.05) is 23.6 Å². The van der Waals surface area contributed by atoms with Crippen molar-refractivity contribution in [3.63, 3.8) is 0 Å². The van der Waals surface area contributed by atoms with Gasteiger partial charge in [-0.05, 0) is 25.1 Å². The molecule has 7 heteroatoms. The Balaban J connectivity index is 2.07. The highest BCUT2D eigenvalue weighted by molar-refractivity contribution is 7.13. The minimum atomic E-state index is -0.678. The summed E-state index contributed by atoms with van der Waals surface area (Å²) in [6.45, 7) is 1.66. The summed E-state index contributed by atoms with van der Waals surface area (Å²) >= 11 is 13.2. The summed E-state index contributed by atoms with van der Waals surface area (Å²) in [5, 5.41) is 3.31. The first-order valence-corrected chi connectivity index (χ1v) is 7.41. The Hall–Kier alpha value is -1.30. The van der Waals surface area contributed by atoms with E-state index in [-0.39, 0.29) is 5.91 Å². The summed E-state index contributed by atoms with van der Waals surface area (Å²) in [6, 6.07) is 4.86. The quantitative estimate of drug-likeness (QED) is 0.854. The molecule has 0 unspecified atom stereocenters. The van der Waals surface area contributed by atoms with Crippen molar-refractivity contribution in [2.24, 2.45) is 0 Å². The van der Waals surface area contributed by atoms with Gasteiger partial charge < -0.3 is 4.74 Å². The molecule has 1 amide bonds. The van der Waals surface area contributed by atoms with Crippen molar-refractivity contribution in [2.45, 2.75) is 13.0 Å². The van der Waals surface area contributed by atoms with Crippen LogP contribution in [0.25, 0.3) is 0 Å². The molecule has 0 saturated heterocycles. The number of halogens is 2. The van der Waals surface area contributed by atoms with Crippen molar-refractivity contribution in [2.75, 3.05) is 11.9 Å². The van der Waals surface area contributed by atoms with Crippen LogP contribution in [0.5, 0.6) is 5.75 Å². The summed E-state index contributed by atoms with van der Waals surface area (Å²) in [5.74, 6) is 0.218. The second-order valence-corrected chi connectivity index (χ2v) is 5.76. The summed E-state index contributed by atoms with van der Waals surface area (Å²) in [6.07, 6.45) is 0.966. The monoisotopic (exact) mass is 330 g/mol. The molecule has 1 atom stereocenters. The highest BCUT2D eigenvalue weighted by atomic mass is 35.5. The van der Waals surface area contributed by atoms with Gasteiger partial charge in [-0.2, -0.15) is 0 Å². The number of benzene rings is 1. The van der Waals surface area contributed by atoms with Gasteiger partial charge in [0.1, 0.15) is 5.75 Å². The summed E-state index contributed by atoms with van der Waals surface area (Å²) in [5.41, 5.74) is 0. The molecule has 0 aliphatic rings. The highest BCUT2D eigenvalue weighted by Gasteiger charge is 2.22. The van der Waals surface area contributed by atoms with E-state index >= 15 is 0 Å². The largest absolute Gasteiger partial charge is 0.479 e. The number of anilines is 1. The number of amides is 1. The molecular weight excluding hydrogens is 319 g/mol. The van der Waals surface area contributed by atoms with Crippen LogP contribution < -0.4 is 9.64 Å². The Bertz CT molecular complexity index is 604. The molecule has 0 fully saturated rings. The summed E-state index contributed by atoms with van der Waals surface area (Å²) in [7, 11) is 1.66. The maximum atomic E-state index is 12.2. The molecule has 1 heterocycles. The van der Waals surface area contributed by atoms with Gasteiger partial charge in [0.2, 0.25) is 0 Å². The molecule has 1 aromatic heterocycles. The summed E-state index contributed by atoms with van der Waals surface area (Å²) < 4.78 is 5.58. The highest BCUT2D eigenvalue weighted by Crippen LogP contribution is 2.28. The number of carbonyl (C=O) groups is 1. The molecule has 0 N–H and O–H groups in total. The smallest absolute Gasteiger partial charge is 0.269 e. The van der Waals surface area contributed by atoms with E-state index in [1.54, 1.807) is 43.7 Å². The molecule has 4 nitrogen and oxygen atoms in total. The normalized spacial score (nSPS) is 12.0. The number of rotatable bonds is 4. The average molecular weight is 331 g/mol. The second-order valence-electron chi connectivity index (χ2n) is 4.05. The van der Waals surface area contributed by atoms with E-state index in [1.165, 1.54) is 16.2 Å². The Morgan fingerprint density at radius 2 is 2.20 bits per heavy atom. The number of hydrogen-bond acceptors (Lipinski definition) is 4. The molecule has 0 bridgehead atoms. The number of thiazole rings is 1. The first-order valence-electron chi connectivity index (χ1n) is 5.78. The number of likely N-dealkylation sites (N-methyl/N-ethyl adjacent to an activating group) is 1. The molecule has 106 valence electrons. The number of hydrogen-bond donors (Lipinski definition) is 0. The van der Waals surface area contributed by atoms with Crippen molar-refractivity contribution >= 4 is 45.6 Å². The second kappa shape index (κ2) is 6.43. The predicted molar refractivity (Wildman–Crippen MR) is 82.1 cm³/mol. The van der Waals surface area contributed by atoms with Gasteiger partial charge >= 0.3 is 0 Å². The minimum absolute atomic E-state index is 0.203. The zero-order valence-electron chi connectivity index (χ0n) is 10.8. The van der Waals surface area contributed by atoms with Crippen molar-refractivity contribution in [3.8, 4) is 5.75 Å². The number of carbonyl (C=O) groups excluding carboxylic acids is 1. The third kappa shape index (κ3) is 3.42. The average Bonchev–Trinajstić information content (AvgIpc) is 2.94. The molecule has 0 radical (unpaired) electrons. The first kappa shape index (κ1) is 15.1. The van der Waals surface area contributed by atoms with E-state index in [9.17, 15) is 4.79 Å². The lowest BCUT2D eigenvalue weighted by Crippen LogP contribution is -2.38. The summed E-state index contributed by atoms with van der Waals surface area (Å²) in [4.78, 5) is 17.8. The Morgan fingerprint density at radius 1 is 1.45 bits per heavy atom. The molecule has 0 spiro atoms. The zero-order valence-corrected chi connectivity index (χ0v) is 13.2. The minimum Gasteiger partial charge on any atom is -0.479 e. The van der Waals surface area contributed by atoms with E-state index < -0.39 is 6.10 Å². The third-order valence-electron chi connectivity index (χ3n) is 2.58. The fourth-order valence-electron chi connectivity index (χ4n) is 1.56. The maximum absolute atomic E-state index is 12.2. The topological polar surface area (TPSA) is 42.4 Å². The lowest BCUT2D eigenvalue weighted by Gasteiger charge is -2.20. The van der Waals surface area contributed by atoms with E-state index in [0.29, 0.717) is 20.9 Å². The lowest BCUT2D eigenvalue weighted by molar-refractivity contribution is -0.124. The molecule has 0 aliphatic heterocycles. The van der Waals surface area contributed by atoms with Gasteiger partial charge in [-0.25, -0.2) is 4.98 Å². The van der Waals surface area contributed by atoms with Crippen LogP contribution in [0, 0.1) is 0 Å². The zero-order chi connectivity index (χ0) is 14.7. The Labute approximate surface area is 130 Å². The fraction of sp³-hybridized carbons (Fsp3) is 0.231. The van der Waals surface area contributed by atoms with E-state index in [1.807, 2.05) is 0 Å². The molecular formula is C13H12Cl2N2O2S. The SMILES string of the molecule is C[C@H](Oc1ccc(Cl)cc1Cl)C(=O)N(C)c1nccs1. The first-order chi connectivity index (χ1) is 9.49. The molecule has 0 saturated carbocycles. The third-order valence-corrected chi connectivity index (χ3v) is 3.96. The maximum Gasteiger partial charge on any atom is 0.269 e. The molecule has 2 rings (SSSR count). The Kier molecular flexibility index (Phi) is 4.86. The van der Waals surface area contributed by atoms with Crippen molar-refractivity contribution in [1.82, 2.24) is 4.98 Å². The molecule has 0 aliphatic carbocycles. The van der Waals surface area contributed by atoms with Gasteiger partial charge in [-0.3, -0.25) is 9.69 Å². The van der Waals surface area contributed by atoms with Gasteiger partial charge in [-0.15, -0.1) is 11.3 Å². The van der Waals surface area contributed by atoms with Crippen LogP contribution >= 0.6 is 34.5 Å². The number of nitrogens with zero attached hydrogens (tertiary/aromatic N) is 2. The van der Waals surface area contributed by atoms with E-state index in [2.05, 4.69) is 4.98 Å².